The second-order valence-electron chi connectivity index (χ2n) is 4.34. The molecule has 0 atom stereocenters. The number of carbonyl (C=O) groups is 1. The van der Waals surface area contributed by atoms with Crippen molar-refractivity contribution in [1.29, 1.82) is 0 Å². The molecule has 1 aromatic heterocycles. The molecule has 1 aromatic rings. The van der Waals surface area contributed by atoms with Gasteiger partial charge in [0.2, 0.25) is 0 Å². The van der Waals surface area contributed by atoms with Crippen LogP contribution in [0.25, 0.3) is 0 Å². The first-order valence-corrected chi connectivity index (χ1v) is 6.75. The number of hydrogen-bond acceptors (Lipinski definition) is 5. The van der Waals surface area contributed by atoms with Crippen molar-refractivity contribution in [2.24, 2.45) is 5.92 Å². The van der Waals surface area contributed by atoms with E-state index in [1.54, 1.807) is 6.08 Å². The molecule has 0 bridgehead atoms. The Balaban J connectivity index is 2.60. The summed E-state index contributed by atoms with van der Waals surface area (Å²) in [6.45, 7) is 9.18. The molecule has 100 valence electrons. The molecule has 1 heterocycles. The molecule has 5 nitrogen and oxygen atoms in total. The topological polar surface area (TPSA) is 80.0 Å². The minimum absolute atomic E-state index is 0.176. The van der Waals surface area contributed by atoms with Crippen molar-refractivity contribution >= 4 is 28.2 Å². The maximum absolute atomic E-state index is 11.8. The molecule has 0 saturated heterocycles. The number of aromatic nitrogens is 1. The lowest BCUT2D eigenvalue weighted by atomic mass is 10.2. The molecule has 0 aliphatic rings. The van der Waals surface area contributed by atoms with Crippen LogP contribution in [-0.4, -0.2) is 24.0 Å². The van der Waals surface area contributed by atoms with E-state index in [1.165, 1.54) is 11.3 Å². The highest BCUT2D eigenvalue weighted by Crippen LogP contribution is 2.24. The molecule has 0 fully saturated rings. The summed E-state index contributed by atoms with van der Waals surface area (Å²) in [4.78, 5) is 16.4. The number of nitrogen functional groups attached to an aromatic ring is 1. The molecule has 0 aliphatic carbocycles. The molecule has 0 aromatic carbocycles. The third-order valence-electron chi connectivity index (χ3n) is 2.16. The van der Waals surface area contributed by atoms with Crippen molar-refractivity contribution in [2.75, 3.05) is 24.1 Å². The first kappa shape index (κ1) is 14.5. The van der Waals surface area contributed by atoms with E-state index in [0.29, 0.717) is 22.5 Å². The molecule has 6 heteroatoms. The van der Waals surface area contributed by atoms with E-state index < -0.39 is 0 Å². The van der Waals surface area contributed by atoms with Gasteiger partial charge in [-0.3, -0.25) is 4.79 Å². The lowest BCUT2D eigenvalue weighted by molar-refractivity contribution is 0.0959. The van der Waals surface area contributed by atoms with Gasteiger partial charge in [-0.2, -0.15) is 0 Å². The monoisotopic (exact) mass is 268 g/mol. The van der Waals surface area contributed by atoms with Crippen molar-refractivity contribution < 1.29 is 4.79 Å². The number of nitrogens with two attached hydrogens (primary N) is 1. The van der Waals surface area contributed by atoms with Crippen LogP contribution < -0.4 is 16.4 Å². The van der Waals surface area contributed by atoms with Gasteiger partial charge in [-0.1, -0.05) is 31.3 Å². The summed E-state index contributed by atoms with van der Waals surface area (Å²) < 4.78 is 0. The fraction of sp³-hybridized carbons (Fsp3) is 0.500. The van der Waals surface area contributed by atoms with E-state index in [4.69, 9.17) is 5.73 Å². The molecular formula is C12H20N4OS. The summed E-state index contributed by atoms with van der Waals surface area (Å²) in [6.07, 6.45) is 2.49. The largest absolute Gasteiger partial charge is 0.382 e. The third-order valence-corrected chi connectivity index (χ3v) is 3.18. The van der Waals surface area contributed by atoms with Crippen LogP contribution in [0.2, 0.25) is 0 Å². The van der Waals surface area contributed by atoms with E-state index in [0.717, 1.165) is 13.0 Å². The zero-order valence-electron chi connectivity index (χ0n) is 10.8. The maximum atomic E-state index is 11.8. The number of rotatable bonds is 7. The minimum atomic E-state index is -0.176. The Morgan fingerprint density at radius 2 is 2.33 bits per heavy atom. The number of amides is 1. The number of anilines is 2. The smallest absolute Gasteiger partial charge is 0.265 e. The first-order valence-electron chi connectivity index (χ1n) is 5.93. The van der Waals surface area contributed by atoms with Gasteiger partial charge in [0.1, 0.15) is 10.7 Å². The highest BCUT2D eigenvalue weighted by Gasteiger charge is 2.15. The van der Waals surface area contributed by atoms with Gasteiger partial charge in [0.15, 0.2) is 5.13 Å². The molecule has 1 amide bonds. The summed E-state index contributed by atoms with van der Waals surface area (Å²) in [5.41, 5.74) is 5.73. The second-order valence-corrected chi connectivity index (χ2v) is 5.34. The zero-order valence-corrected chi connectivity index (χ0v) is 11.6. The Morgan fingerprint density at radius 3 is 2.94 bits per heavy atom. The Morgan fingerprint density at radius 1 is 1.61 bits per heavy atom. The van der Waals surface area contributed by atoms with E-state index >= 15 is 0 Å². The number of thiazole rings is 1. The normalized spacial score (nSPS) is 10.4. The van der Waals surface area contributed by atoms with Gasteiger partial charge in [0.25, 0.3) is 5.91 Å². The van der Waals surface area contributed by atoms with E-state index in [-0.39, 0.29) is 11.7 Å². The predicted molar refractivity (Wildman–Crippen MR) is 77.0 cm³/mol. The van der Waals surface area contributed by atoms with Crippen LogP contribution in [0.4, 0.5) is 10.9 Å². The van der Waals surface area contributed by atoms with Crippen LogP contribution in [0.5, 0.6) is 0 Å². The fourth-order valence-electron chi connectivity index (χ4n) is 1.23. The molecular weight excluding hydrogens is 248 g/mol. The molecule has 0 radical (unpaired) electrons. The van der Waals surface area contributed by atoms with Crippen LogP contribution in [0.3, 0.4) is 0 Å². The van der Waals surface area contributed by atoms with Gasteiger partial charge >= 0.3 is 0 Å². The van der Waals surface area contributed by atoms with E-state index in [2.05, 4.69) is 36.0 Å². The van der Waals surface area contributed by atoms with Gasteiger partial charge in [0, 0.05) is 13.1 Å². The van der Waals surface area contributed by atoms with Gasteiger partial charge in [-0.25, -0.2) is 4.98 Å². The summed E-state index contributed by atoms with van der Waals surface area (Å²) in [7, 11) is 0. The fourth-order valence-corrected chi connectivity index (χ4v) is 2.04. The van der Waals surface area contributed by atoms with E-state index in [9.17, 15) is 4.79 Å². The number of hydrogen-bond donors (Lipinski definition) is 3. The first-order chi connectivity index (χ1) is 8.54. The van der Waals surface area contributed by atoms with Crippen molar-refractivity contribution in [3.63, 3.8) is 0 Å². The van der Waals surface area contributed by atoms with Crippen molar-refractivity contribution in [1.82, 2.24) is 10.3 Å². The van der Waals surface area contributed by atoms with Gasteiger partial charge in [-0.05, 0) is 12.3 Å². The van der Waals surface area contributed by atoms with Crippen LogP contribution in [0, 0.1) is 5.92 Å². The Hall–Kier alpha value is -1.56. The predicted octanol–water partition coefficient (Wildman–Crippen LogP) is 2.10. The molecule has 18 heavy (non-hydrogen) atoms. The molecule has 4 N–H and O–H groups in total. The lowest BCUT2D eigenvalue weighted by Gasteiger charge is -2.04. The number of nitrogens with zero attached hydrogens (tertiary/aromatic N) is 1. The third kappa shape index (κ3) is 4.37. The number of nitrogens with one attached hydrogen (secondary N) is 2. The molecule has 0 spiro atoms. The van der Waals surface area contributed by atoms with Crippen LogP contribution in [0.1, 0.15) is 29.9 Å². The number of carbonyl (C=O) groups excluding carboxylic acids is 1. The Labute approximate surface area is 111 Å². The zero-order chi connectivity index (χ0) is 13.5. The molecule has 1 rings (SSSR count). The van der Waals surface area contributed by atoms with Crippen molar-refractivity contribution in [3.05, 3.63) is 17.5 Å². The van der Waals surface area contributed by atoms with Crippen molar-refractivity contribution in [2.45, 2.75) is 20.3 Å². The Kier molecular flexibility index (Phi) is 5.64. The van der Waals surface area contributed by atoms with Gasteiger partial charge in [0.05, 0.1) is 0 Å². The molecule has 0 saturated carbocycles. The highest BCUT2D eigenvalue weighted by atomic mass is 32.1. The summed E-state index contributed by atoms with van der Waals surface area (Å²) in [5.74, 6) is 0.617. The van der Waals surface area contributed by atoms with Gasteiger partial charge in [-0.15, -0.1) is 6.58 Å². The lowest BCUT2D eigenvalue weighted by Crippen LogP contribution is -2.23. The molecule has 0 unspecified atom stereocenters. The van der Waals surface area contributed by atoms with Crippen LogP contribution in [0.15, 0.2) is 12.7 Å². The summed E-state index contributed by atoms with van der Waals surface area (Å²) in [5, 5.41) is 6.62. The standard InChI is InChI=1S/C12H20N4OS/c1-4-5-6-14-11(17)9-10(13)16-12(18-9)15-7-8(2)3/h4,8H,1,5-7,13H2,2-3H3,(H,14,17)(H,15,16). The second kappa shape index (κ2) is 7.00. The minimum Gasteiger partial charge on any atom is -0.382 e. The average Bonchev–Trinajstić information content (AvgIpc) is 2.68. The van der Waals surface area contributed by atoms with E-state index in [1.807, 2.05) is 0 Å². The SMILES string of the molecule is C=CCCNC(=O)c1sc(NCC(C)C)nc1N. The van der Waals surface area contributed by atoms with Crippen molar-refractivity contribution in [3.8, 4) is 0 Å². The van der Waals surface area contributed by atoms with Crippen LogP contribution >= 0.6 is 11.3 Å². The highest BCUT2D eigenvalue weighted by molar-refractivity contribution is 7.18. The Bertz CT molecular complexity index is 414. The van der Waals surface area contributed by atoms with Crippen LogP contribution in [-0.2, 0) is 0 Å². The summed E-state index contributed by atoms with van der Waals surface area (Å²) in [6, 6.07) is 0. The molecule has 0 aliphatic heterocycles. The summed E-state index contributed by atoms with van der Waals surface area (Å²) >= 11 is 1.28. The quantitative estimate of drug-likeness (QED) is 0.522. The average molecular weight is 268 g/mol. The maximum Gasteiger partial charge on any atom is 0.265 e. The van der Waals surface area contributed by atoms with Gasteiger partial charge < -0.3 is 16.4 Å².